The molecule has 152 valence electrons. The van der Waals surface area contributed by atoms with Gasteiger partial charge in [0.15, 0.2) is 0 Å². The van der Waals surface area contributed by atoms with Gasteiger partial charge in [0.05, 0.1) is 11.9 Å². The molecule has 0 saturated carbocycles. The Morgan fingerprint density at radius 3 is 2.97 bits per heavy atom. The Kier molecular flexibility index (Phi) is 5.89. The number of likely N-dealkylation sites (tertiary alicyclic amines) is 1. The molecule has 9 nitrogen and oxygen atoms in total. The molecule has 1 fully saturated rings. The van der Waals surface area contributed by atoms with Crippen LogP contribution < -0.4 is 5.32 Å². The van der Waals surface area contributed by atoms with E-state index in [0.29, 0.717) is 12.5 Å². The lowest BCUT2D eigenvalue weighted by atomic mass is 9.97. The van der Waals surface area contributed by atoms with Gasteiger partial charge in [-0.3, -0.25) is 14.8 Å². The molecule has 10 heteroatoms. The number of hydrogen-bond donors (Lipinski definition) is 2. The Balaban J connectivity index is 1.31. The number of piperidine rings is 1. The lowest BCUT2D eigenvalue weighted by Crippen LogP contribution is -2.41. The Morgan fingerprint density at radius 1 is 1.31 bits per heavy atom. The third-order valence-electron chi connectivity index (χ3n) is 5.13. The van der Waals surface area contributed by atoms with E-state index < -0.39 is 0 Å². The number of nitrogens with zero attached hydrogens (tertiary/aromatic N) is 6. The molecule has 0 bridgehead atoms. The summed E-state index contributed by atoms with van der Waals surface area (Å²) in [4.78, 5) is 14.4. The largest absolute Gasteiger partial charge is 0.354 e. The summed E-state index contributed by atoms with van der Waals surface area (Å²) in [6.45, 7) is 3.42. The van der Waals surface area contributed by atoms with Crippen molar-refractivity contribution in [3.63, 3.8) is 0 Å². The second-order valence-electron chi connectivity index (χ2n) is 7.33. The molecule has 0 spiro atoms. The first-order valence-electron chi connectivity index (χ1n) is 9.65. The lowest BCUT2D eigenvalue weighted by molar-refractivity contribution is -0.122. The van der Waals surface area contributed by atoms with Gasteiger partial charge in [0.2, 0.25) is 5.91 Å². The number of H-pyrrole nitrogens is 1. The van der Waals surface area contributed by atoms with E-state index >= 15 is 0 Å². The summed E-state index contributed by atoms with van der Waals surface area (Å²) in [7, 11) is 0. The zero-order valence-corrected chi connectivity index (χ0v) is 16.0. The Hall–Kier alpha value is -3.14. The van der Waals surface area contributed by atoms with Gasteiger partial charge in [-0.2, -0.15) is 5.10 Å². The Labute approximate surface area is 167 Å². The van der Waals surface area contributed by atoms with Crippen molar-refractivity contribution in [3.05, 3.63) is 48.2 Å². The number of rotatable bonds is 7. The topological polar surface area (TPSA) is 105 Å². The van der Waals surface area contributed by atoms with E-state index in [1.807, 2.05) is 6.20 Å². The van der Waals surface area contributed by atoms with E-state index in [1.54, 1.807) is 12.1 Å². The van der Waals surface area contributed by atoms with Crippen molar-refractivity contribution < 1.29 is 9.18 Å². The lowest BCUT2D eigenvalue weighted by Gasteiger charge is -2.32. The maximum atomic E-state index is 13.2. The van der Waals surface area contributed by atoms with Crippen molar-refractivity contribution in [2.24, 2.45) is 5.92 Å². The molecule has 1 unspecified atom stereocenters. The molecular formula is C19H23FN8O. The molecule has 1 aromatic carbocycles. The van der Waals surface area contributed by atoms with Gasteiger partial charge in [-0.1, -0.05) is 0 Å². The van der Waals surface area contributed by atoms with Gasteiger partial charge in [0.1, 0.15) is 18.7 Å². The number of benzene rings is 1. The predicted octanol–water partition coefficient (Wildman–Crippen LogP) is 1.23. The molecule has 3 heterocycles. The third-order valence-corrected chi connectivity index (χ3v) is 5.13. The van der Waals surface area contributed by atoms with Crippen molar-refractivity contribution in [2.75, 3.05) is 19.6 Å². The average Bonchev–Trinajstić information content (AvgIpc) is 3.40. The molecule has 3 aromatic rings. The first-order chi connectivity index (χ1) is 14.2. The van der Waals surface area contributed by atoms with Crippen LogP contribution in [0.1, 0.15) is 18.4 Å². The van der Waals surface area contributed by atoms with E-state index in [0.717, 1.165) is 49.3 Å². The van der Waals surface area contributed by atoms with E-state index in [9.17, 15) is 9.18 Å². The van der Waals surface area contributed by atoms with E-state index in [2.05, 4.69) is 35.9 Å². The van der Waals surface area contributed by atoms with Crippen LogP contribution in [0, 0.1) is 11.7 Å². The highest BCUT2D eigenvalue weighted by Crippen LogP contribution is 2.24. The fourth-order valence-electron chi connectivity index (χ4n) is 3.71. The number of carbonyl (C=O) groups excluding carboxylic acids is 1. The maximum Gasteiger partial charge on any atom is 0.241 e. The summed E-state index contributed by atoms with van der Waals surface area (Å²) >= 11 is 0. The second-order valence-corrected chi connectivity index (χ2v) is 7.33. The van der Waals surface area contributed by atoms with Gasteiger partial charge in [-0.05, 0) is 60.0 Å². The van der Waals surface area contributed by atoms with E-state index in [4.69, 9.17) is 0 Å². The van der Waals surface area contributed by atoms with Gasteiger partial charge < -0.3 is 5.32 Å². The number of aromatic amines is 1. The van der Waals surface area contributed by atoms with E-state index in [1.165, 1.54) is 23.1 Å². The summed E-state index contributed by atoms with van der Waals surface area (Å²) in [5.74, 6) is 0.0430. The zero-order valence-electron chi connectivity index (χ0n) is 16.0. The fraction of sp³-hybridized carbons (Fsp3) is 0.421. The molecule has 1 amide bonds. The monoisotopic (exact) mass is 398 g/mol. The maximum absolute atomic E-state index is 13.2. The van der Waals surface area contributed by atoms with Gasteiger partial charge in [0.25, 0.3) is 0 Å². The number of carbonyl (C=O) groups is 1. The van der Waals surface area contributed by atoms with Crippen LogP contribution >= 0.6 is 0 Å². The minimum Gasteiger partial charge on any atom is -0.354 e. The predicted molar refractivity (Wildman–Crippen MR) is 103 cm³/mol. The van der Waals surface area contributed by atoms with Gasteiger partial charge in [0, 0.05) is 30.8 Å². The van der Waals surface area contributed by atoms with Crippen LogP contribution in [-0.2, 0) is 17.9 Å². The smallest absolute Gasteiger partial charge is 0.241 e. The van der Waals surface area contributed by atoms with Gasteiger partial charge >= 0.3 is 0 Å². The number of aromatic nitrogens is 6. The average molecular weight is 398 g/mol. The number of amides is 1. The normalized spacial score (nSPS) is 17.3. The van der Waals surface area contributed by atoms with Crippen LogP contribution in [-0.4, -0.2) is 60.8 Å². The van der Waals surface area contributed by atoms with Crippen molar-refractivity contribution >= 4 is 5.91 Å². The molecule has 0 aliphatic carbocycles. The molecule has 1 saturated heterocycles. The Morgan fingerprint density at radius 2 is 2.17 bits per heavy atom. The SMILES string of the molecule is O=C(Cn1cnnn1)NCC1CCCN(Cc2cn[nH]c2-c2ccc(F)cc2)C1. The zero-order chi connectivity index (χ0) is 20.1. The highest BCUT2D eigenvalue weighted by molar-refractivity contribution is 5.75. The summed E-state index contributed by atoms with van der Waals surface area (Å²) in [6.07, 6.45) is 5.41. The molecule has 1 aliphatic heterocycles. The molecule has 1 aliphatic rings. The first-order valence-corrected chi connectivity index (χ1v) is 9.65. The summed E-state index contributed by atoms with van der Waals surface area (Å²) in [5.41, 5.74) is 2.92. The van der Waals surface area contributed by atoms with Crippen molar-refractivity contribution in [3.8, 4) is 11.3 Å². The van der Waals surface area contributed by atoms with Gasteiger partial charge in [-0.25, -0.2) is 9.07 Å². The van der Waals surface area contributed by atoms with Crippen LogP contribution in [0.15, 0.2) is 36.8 Å². The number of tetrazole rings is 1. The first kappa shape index (κ1) is 19.2. The second kappa shape index (κ2) is 8.91. The van der Waals surface area contributed by atoms with E-state index in [-0.39, 0.29) is 18.3 Å². The van der Waals surface area contributed by atoms with Crippen LogP contribution in [0.2, 0.25) is 0 Å². The van der Waals surface area contributed by atoms with Crippen molar-refractivity contribution in [1.82, 2.24) is 40.6 Å². The highest BCUT2D eigenvalue weighted by atomic mass is 19.1. The van der Waals surface area contributed by atoms with Crippen LogP contribution in [0.4, 0.5) is 4.39 Å². The van der Waals surface area contributed by atoms with Gasteiger partial charge in [-0.15, -0.1) is 5.10 Å². The summed E-state index contributed by atoms with van der Waals surface area (Å²) in [5, 5.41) is 20.9. The standard InChI is InChI=1S/C19H23FN8O/c20-17-5-3-15(4-6-17)19-16(9-22-24-19)11-27-7-1-2-14(10-27)8-21-18(29)12-28-13-23-25-26-28/h3-6,9,13-14H,1-2,7-8,10-12H2,(H,21,29)(H,22,24). The minimum atomic E-state index is -0.254. The molecule has 0 radical (unpaired) electrons. The van der Waals surface area contributed by atoms with Crippen LogP contribution in [0.3, 0.4) is 0 Å². The van der Waals surface area contributed by atoms with Crippen LogP contribution in [0.25, 0.3) is 11.3 Å². The summed E-state index contributed by atoms with van der Waals surface area (Å²) in [6, 6.07) is 6.42. The third kappa shape index (κ3) is 5.02. The molecule has 2 aromatic heterocycles. The minimum absolute atomic E-state index is 0.0946. The number of nitrogens with one attached hydrogen (secondary N) is 2. The quantitative estimate of drug-likeness (QED) is 0.620. The molecule has 29 heavy (non-hydrogen) atoms. The number of halogens is 1. The summed E-state index contributed by atoms with van der Waals surface area (Å²) < 4.78 is 14.6. The fourth-order valence-corrected chi connectivity index (χ4v) is 3.71. The van der Waals surface area contributed by atoms with Crippen LogP contribution in [0.5, 0.6) is 0 Å². The molecule has 4 rings (SSSR count). The van der Waals surface area contributed by atoms with Crippen molar-refractivity contribution in [1.29, 1.82) is 0 Å². The Bertz CT molecular complexity index is 924. The number of hydrogen-bond acceptors (Lipinski definition) is 6. The highest BCUT2D eigenvalue weighted by Gasteiger charge is 2.22. The molecule has 1 atom stereocenters. The molecule has 2 N–H and O–H groups in total. The molecular weight excluding hydrogens is 375 g/mol. The van der Waals surface area contributed by atoms with Crippen molar-refractivity contribution in [2.45, 2.75) is 25.9 Å².